The van der Waals surface area contributed by atoms with Gasteiger partial charge in [-0.05, 0) is 25.3 Å². The first-order valence-corrected chi connectivity index (χ1v) is 15.5. The maximum Gasteiger partial charge on any atom is 0.341 e. The number of nitrogens with zero attached hydrogens (tertiary/aromatic N) is 1. The summed E-state index contributed by atoms with van der Waals surface area (Å²) < 4.78 is 18.4. The standard InChI is InChI=1S/C27H55N7O10/c1-12-21(25-22(31)13(2)23(39)19(42-25)10-32-9-14(36)3-4-28)15(30)7-16(33-27(40)34(41)6-5-29)24(12)44-26-18(38)8-17(37)20(11-35)43-26/h12-26,32,35-39,41H,3-11,28-31H2,1-2H3,(H,33,40). The molecule has 16 N–H and O–H groups in total. The summed E-state index contributed by atoms with van der Waals surface area (Å²) in [7, 11) is 0. The number of rotatable bonds is 13. The smallest absolute Gasteiger partial charge is 0.341 e. The fourth-order valence-electron chi connectivity index (χ4n) is 6.67. The Kier molecular flexibility index (Phi) is 14.4. The van der Waals surface area contributed by atoms with Gasteiger partial charge in [-0.3, -0.25) is 5.21 Å². The number of aliphatic hydroxyl groups excluding tert-OH is 5. The Balaban J connectivity index is 1.84. The molecule has 0 radical (unpaired) electrons. The number of amides is 2. The lowest BCUT2D eigenvalue weighted by Gasteiger charge is -2.53. The molecule has 17 heteroatoms. The number of hydrogen-bond acceptors (Lipinski definition) is 15. The highest BCUT2D eigenvalue weighted by Gasteiger charge is 2.53. The van der Waals surface area contributed by atoms with Gasteiger partial charge in [0, 0.05) is 50.0 Å². The van der Waals surface area contributed by atoms with E-state index in [9.17, 15) is 35.5 Å². The Hall–Kier alpha value is -1.29. The van der Waals surface area contributed by atoms with Gasteiger partial charge in [0.05, 0.1) is 55.8 Å². The number of aliphatic hydroxyl groups is 5. The maximum atomic E-state index is 12.8. The van der Waals surface area contributed by atoms with Crippen molar-refractivity contribution in [2.45, 2.75) is 106 Å². The molecule has 2 heterocycles. The van der Waals surface area contributed by atoms with Gasteiger partial charge in [-0.2, -0.15) is 0 Å². The summed E-state index contributed by atoms with van der Waals surface area (Å²) in [6, 6.07) is -2.75. The Labute approximate surface area is 258 Å². The Morgan fingerprint density at radius 2 is 1.75 bits per heavy atom. The Bertz CT molecular complexity index is 883. The number of urea groups is 1. The lowest BCUT2D eigenvalue weighted by Crippen LogP contribution is -2.68. The summed E-state index contributed by atoms with van der Waals surface area (Å²) in [5, 5.41) is 67.9. The highest BCUT2D eigenvalue weighted by Crippen LogP contribution is 2.41. The fourth-order valence-corrected chi connectivity index (χ4v) is 6.67. The third kappa shape index (κ3) is 8.95. The van der Waals surface area contributed by atoms with E-state index in [0.717, 1.165) is 0 Å². The fraction of sp³-hybridized carbons (Fsp3) is 0.963. The van der Waals surface area contributed by atoms with E-state index < -0.39 is 97.7 Å². The second-order valence-corrected chi connectivity index (χ2v) is 12.5. The maximum absolute atomic E-state index is 12.8. The molecule has 1 saturated carbocycles. The molecule has 2 aliphatic heterocycles. The highest BCUT2D eigenvalue weighted by atomic mass is 16.7. The van der Waals surface area contributed by atoms with Crippen LogP contribution in [0.5, 0.6) is 0 Å². The SMILES string of the molecule is CC1C(N)C(C2C(N)CC(NC(=O)N(O)CCN)C(OC3OC(CO)C(O)CC3O)C2C)OC(CNCC(O)CCN)C1O. The highest BCUT2D eigenvalue weighted by molar-refractivity contribution is 5.73. The summed E-state index contributed by atoms with van der Waals surface area (Å²) in [4.78, 5) is 12.8. The molecule has 44 heavy (non-hydrogen) atoms. The van der Waals surface area contributed by atoms with Crippen molar-refractivity contribution in [3.05, 3.63) is 0 Å². The number of hydroxylamine groups is 2. The minimum atomic E-state index is -1.25. The van der Waals surface area contributed by atoms with Crippen molar-refractivity contribution in [3.8, 4) is 0 Å². The lowest BCUT2D eigenvalue weighted by molar-refractivity contribution is -0.297. The van der Waals surface area contributed by atoms with Crippen molar-refractivity contribution in [3.63, 3.8) is 0 Å². The van der Waals surface area contributed by atoms with Gasteiger partial charge in [0.2, 0.25) is 0 Å². The number of carbonyl (C=O) groups is 1. The molecule has 258 valence electrons. The molecule has 15 atom stereocenters. The van der Waals surface area contributed by atoms with Crippen molar-refractivity contribution in [1.82, 2.24) is 15.7 Å². The minimum absolute atomic E-state index is 0.0302. The number of ether oxygens (including phenoxy) is 3. The molecular formula is C27H55N7O10. The molecule has 0 aromatic heterocycles. The van der Waals surface area contributed by atoms with Crippen molar-refractivity contribution >= 4 is 6.03 Å². The van der Waals surface area contributed by atoms with Crippen molar-refractivity contribution in [2.24, 2.45) is 40.7 Å². The van der Waals surface area contributed by atoms with Gasteiger partial charge in [0.25, 0.3) is 0 Å². The second-order valence-electron chi connectivity index (χ2n) is 12.5. The predicted molar refractivity (Wildman–Crippen MR) is 157 cm³/mol. The van der Waals surface area contributed by atoms with E-state index in [-0.39, 0.29) is 44.9 Å². The summed E-state index contributed by atoms with van der Waals surface area (Å²) in [5.41, 5.74) is 24.4. The summed E-state index contributed by atoms with van der Waals surface area (Å²) in [5.74, 6) is -1.29. The number of hydrogen-bond donors (Lipinski definition) is 12. The molecule has 0 aromatic carbocycles. The molecule has 15 unspecified atom stereocenters. The van der Waals surface area contributed by atoms with E-state index >= 15 is 0 Å². The van der Waals surface area contributed by atoms with E-state index in [0.29, 0.717) is 18.0 Å². The average molecular weight is 638 g/mol. The quantitative estimate of drug-likeness (QED) is 0.0667. The van der Waals surface area contributed by atoms with E-state index in [4.69, 9.17) is 37.1 Å². The van der Waals surface area contributed by atoms with Crippen molar-refractivity contribution in [2.75, 3.05) is 39.3 Å². The van der Waals surface area contributed by atoms with Gasteiger partial charge in [-0.1, -0.05) is 13.8 Å². The number of nitrogens with one attached hydrogen (secondary N) is 2. The average Bonchev–Trinajstić information content (AvgIpc) is 2.97. The predicted octanol–water partition coefficient (Wildman–Crippen LogP) is -4.70. The van der Waals surface area contributed by atoms with E-state index in [1.807, 2.05) is 13.8 Å². The first-order valence-electron chi connectivity index (χ1n) is 15.5. The third-order valence-corrected chi connectivity index (χ3v) is 9.28. The van der Waals surface area contributed by atoms with Crippen molar-refractivity contribution in [1.29, 1.82) is 0 Å². The molecule has 0 bridgehead atoms. The Morgan fingerprint density at radius 3 is 2.39 bits per heavy atom. The van der Waals surface area contributed by atoms with E-state index in [2.05, 4.69) is 10.6 Å². The van der Waals surface area contributed by atoms with Crippen LogP contribution in [0.2, 0.25) is 0 Å². The molecular weight excluding hydrogens is 582 g/mol. The number of carbonyl (C=O) groups excluding carboxylic acids is 1. The van der Waals surface area contributed by atoms with Crippen LogP contribution in [0.15, 0.2) is 0 Å². The third-order valence-electron chi connectivity index (χ3n) is 9.28. The summed E-state index contributed by atoms with van der Waals surface area (Å²) >= 11 is 0. The first kappa shape index (κ1) is 37.2. The van der Waals surface area contributed by atoms with Gasteiger partial charge in [-0.25, -0.2) is 9.86 Å². The van der Waals surface area contributed by atoms with E-state index in [1.54, 1.807) is 0 Å². The first-order chi connectivity index (χ1) is 20.8. The Morgan fingerprint density at radius 1 is 1.05 bits per heavy atom. The molecule has 2 saturated heterocycles. The van der Waals surface area contributed by atoms with Crippen LogP contribution < -0.4 is 33.6 Å². The van der Waals surface area contributed by atoms with Gasteiger partial charge in [-0.15, -0.1) is 0 Å². The largest absolute Gasteiger partial charge is 0.394 e. The molecule has 17 nitrogen and oxygen atoms in total. The van der Waals surface area contributed by atoms with Crippen LogP contribution in [0, 0.1) is 17.8 Å². The minimum Gasteiger partial charge on any atom is -0.394 e. The summed E-state index contributed by atoms with van der Waals surface area (Å²) in [6.45, 7) is 3.95. The normalized spacial score (nSPS) is 42.1. The van der Waals surface area contributed by atoms with Crippen LogP contribution in [0.4, 0.5) is 4.79 Å². The molecule has 0 aromatic rings. The molecule has 3 fully saturated rings. The molecule has 3 aliphatic rings. The van der Waals surface area contributed by atoms with E-state index in [1.165, 1.54) is 0 Å². The van der Waals surface area contributed by atoms with Crippen LogP contribution in [-0.4, -0.2) is 154 Å². The lowest BCUT2D eigenvalue weighted by atomic mass is 9.66. The molecule has 0 spiro atoms. The monoisotopic (exact) mass is 637 g/mol. The molecule has 1 aliphatic carbocycles. The van der Waals surface area contributed by atoms with Gasteiger partial charge in [0.15, 0.2) is 6.29 Å². The second kappa shape index (κ2) is 17.0. The van der Waals surface area contributed by atoms with Gasteiger partial charge < -0.3 is 73.3 Å². The van der Waals surface area contributed by atoms with Gasteiger partial charge in [0.1, 0.15) is 12.2 Å². The molecule has 3 rings (SSSR count). The van der Waals surface area contributed by atoms with Crippen LogP contribution in [0.3, 0.4) is 0 Å². The van der Waals surface area contributed by atoms with Crippen LogP contribution >= 0.6 is 0 Å². The zero-order valence-electron chi connectivity index (χ0n) is 25.6. The van der Waals surface area contributed by atoms with Crippen LogP contribution in [0.25, 0.3) is 0 Å². The van der Waals surface area contributed by atoms with Crippen LogP contribution in [0.1, 0.15) is 33.1 Å². The zero-order valence-corrected chi connectivity index (χ0v) is 25.6. The van der Waals surface area contributed by atoms with Crippen molar-refractivity contribution < 1.29 is 49.7 Å². The molecule has 2 amide bonds. The topological polar surface area (TPSA) is 298 Å². The zero-order chi connectivity index (χ0) is 32.7. The summed E-state index contributed by atoms with van der Waals surface area (Å²) in [6.07, 6.45) is -7.73. The number of nitrogens with two attached hydrogens (primary N) is 4. The van der Waals surface area contributed by atoms with Gasteiger partial charge >= 0.3 is 6.03 Å². The van der Waals surface area contributed by atoms with Crippen LogP contribution in [-0.2, 0) is 14.2 Å².